The molecule has 0 aliphatic rings. The van der Waals surface area contributed by atoms with Crippen molar-refractivity contribution in [3.05, 3.63) is 0 Å². The average molecular weight is 471 g/mol. The Morgan fingerprint density at radius 3 is 1.72 bits per heavy atom. The van der Waals surface area contributed by atoms with E-state index in [2.05, 4.69) is 32.4 Å². The number of rotatable bonds is 13. The van der Waals surface area contributed by atoms with Crippen LogP contribution in [0, 0.1) is 5.41 Å². The molecule has 0 spiro atoms. The zero-order chi connectivity index (χ0) is 26.0. The summed E-state index contributed by atoms with van der Waals surface area (Å²) in [5.74, 6) is 0.275. The standard InChI is InChI=1S/C7H16O3.C7H14O.C6H14O2.C4H10O2/c1-6(4-8)10-7(2)5-9-3;1-6(8)5-7(2,3)4;1-2-3-5-8-6-4-7;1-4(5)3-6-2/h6-8H,4-5H2,1-3H3;5H2,1-4H3;7H,2-6H2,1H3;4-5H,3H2,1-2H3. The van der Waals surface area contributed by atoms with Crippen LogP contribution in [0.4, 0.5) is 0 Å². The van der Waals surface area contributed by atoms with Crippen molar-refractivity contribution in [2.24, 2.45) is 5.41 Å². The Morgan fingerprint density at radius 2 is 1.47 bits per heavy atom. The van der Waals surface area contributed by atoms with Gasteiger partial charge in [0.2, 0.25) is 0 Å². The lowest BCUT2D eigenvalue weighted by molar-refractivity contribution is -0.118. The lowest BCUT2D eigenvalue weighted by Gasteiger charge is -2.16. The summed E-state index contributed by atoms with van der Waals surface area (Å²) in [6.45, 7) is 17.8. The second kappa shape index (κ2) is 28.4. The normalized spacial score (nSPS) is 13.3. The third-order valence-corrected chi connectivity index (χ3v) is 3.19. The van der Waals surface area contributed by atoms with E-state index >= 15 is 0 Å². The number of Topliss-reactive ketones (excluding diaryl/α,β-unsaturated/α-hetero) is 1. The highest BCUT2D eigenvalue weighted by molar-refractivity contribution is 5.76. The molecule has 0 aliphatic carbocycles. The first-order chi connectivity index (χ1) is 14.8. The van der Waals surface area contributed by atoms with Gasteiger partial charge in [-0.25, -0.2) is 0 Å². The lowest BCUT2D eigenvalue weighted by Crippen LogP contribution is -2.23. The number of hydrogen-bond acceptors (Lipinski definition) is 8. The summed E-state index contributed by atoms with van der Waals surface area (Å²) in [6.07, 6.45) is 2.59. The molecule has 0 radical (unpaired) electrons. The van der Waals surface area contributed by atoms with Crippen molar-refractivity contribution in [3.8, 4) is 0 Å². The highest BCUT2D eigenvalue weighted by Crippen LogP contribution is 2.17. The van der Waals surface area contributed by atoms with Crippen molar-refractivity contribution in [3.63, 3.8) is 0 Å². The molecule has 0 fully saturated rings. The fourth-order valence-electron chi connectivity index (χ4n) is 2.11. The fourth-order valence-corrected chi connectivity index (χ4v) is 2.11. The summed E-state index contributed by atoms with van der Waals surface area (Å²) < 4.78 is 19.6. The molecular weight excluding hydrogens is 416 g/mol. The fraction of sp³-hybridized carbons (Fsp3) is 0.958. The quantitative estimate of drug-likeness (QED) is 0.352. The van der Waals surface area contributed by atoms with Crippen molar-refractivity contribution in [1.82, 2.24) is 0 Å². The van der Waals surface area contributed by atoms with E-state index in [0.29, 0.717) is 26.2 Å². The zero-order valence-electron chi connectivity index (χ0n) is 22.5. The van der Waals surface area contributed by atoms with Gasteiger partial charge in [-0.15, -0.1) is 0 Å². The van der Waals surface area contributed by atoms with Gasteiger partial charge in [-0.2, -0.15) is 0 Å². The number of hydrogen-bond donors (Lipinski definition) is 3. The Labute approximate surface area is 197 Å². The molecule has 0 aromatic carbocycles. The van der Waals surface area contributed by atoms with Crippen molar-refractivity contribution >= 4 is 5.78 Å². The molecule has 0 heterocycles. The molecule has 0 aliphatic heterocycles. The second-order valence-corrected chi connectivity index (χ2v) is 8.83. The van der Waals surface area contributed by atoms with Gasteiger partial charge < -0.3 is 39.1 Å². The minimum Gasteiger partial charge on any atom is -0.394 e. The first-order valence-corrected chi connectivity index (χ1v) is 11.4. The van der Waals surface area contributed by atoms with Gasteiger partial charge in [-0.1, -0.05) is 34.1 Å². The van der Waals surface area contributed by atoms with Gasteiger partial charge in [-0.05, 0) is 39.5 Å². The van der Waals surface area contributed by atoms with Crippen LogP contribution in [-0.4, -0.2) is 93.3 Å². The molecule has 0 saturated carbocycles. The van der Waals surface area contributed by atoms with Crippen LogP contribution in [0.2, 0.25) is 0 Å². The van der Waals surface area contributed by atoms with E-state index in [0.717, 1.165) is 19.4 Å². The van der Waals surface area contributed by atoms with E-state index < -0.39 is 0 Å². The molecule has 0 aromatic heterocycles. The van der Waals surface area contributed by atoms with Gasteiger partial charge in [-0.3, -0.25) is 0 Å². The van der Waals surface area contributed by atoms with Crippen LogP contribution in [0.25, 0.3) is 0 Å². The maximum absolute atomic E-state index is 10.5. The molecule has 0 aromatic rings. The molecule has 32 heavy (non-hydrogen) atoms. The Hall–Kier alpha value is -0.610. The molecule has 0 rings (SSSR count). The van der Waals surface area contributed by atoms with Crippen LogP contribution < -0.4 is 0 Å². The number of unbranched alkanes of at least 4 members (excludes halogenated alkanes) is 1. The molecule has 8 heteroatoms. The van der Waals surface area contributed by atoms with Crippen LogP contribution >= 0.6 is 0 Å². The van der Waals surface area contributed by atoms with Crippen LogP contribution in [0.1, 0.15) is 74.7 Å². The largest absolute Gasteiger partial charge is 0.394 e. The summed E-state index contributed by atoms with van der Waals surface area (Å²) in [5, 5.41) is 25.3. The van der Waals surface area contributed by atoms with Gasteiger partial charge in [0.05, 0.1) is 51.3 Å². The smallest absolute Gasteiger partial charge is 0.130 e. The predicted molar refractivity (Wildman–Crippen MR) is 130 cm³/mol. The van der Waals surface area contributed by atoms with Gasteiger partial charge in [0.15, 0.2) is 0 Å². The van der Waals surface area contributed by atoms with Crippen molar-refractivity contribution in [2.45, 2.75) is 93.0 Å². The van der Waals surface area contributed by atoms with E-state index in [1.165, 1.54) is 0 Å². The molecule has 3 atom stereocenters. The van der Waals surface area contributed by atoms with Crippen molar-refractivity contribution in [2.75, 3.05) is 53.9 Å². The minimum absolute atomic E-state index is 0.0622. The predicted octanol–water partition coefficient (Wildman–Crippen LogP) is 3.24. The van der Waals surface area contributed by atoms with Gasteiger partial charge in [0.25, 0.3) is 0 Å². The number of ether oxygens (including phenoxy) is 4. The number of carbonyl (C=O) groups excluding carboxylic acids is 1. The molecule has 3 N–H and O–H groups in total. The summed E-state index contributed by atoms with van der Waals surface area (Å²) in [5.41, 5.74) is 0.172. The first kappa shape index (κ1) is 38.6. The third kappa shape index (κ3) is 51.8. The Kier molecular flexibility index (Phi) is 34.3. The summed E-state index contributed by atoms with van der Waals surface area (Å²) in [4.78, 5) is 10.5. The van der Waals surface area contributed by atoms with Gasteiger partial charge in [0, 0.05) is 27.2 Å². The van der Waals surface area contributed by atoms with Crippen LogP contribution in [0.15, 0.2) is 0 Å². The summed E-state index contributed by atoms with van der Waals surface area (Å²) in [7, 11) is 3.19. The molecule has 0 amide bonds. The Morgan fingerprint density at radius 1 is 0.938 bits per heavy atom. The van der Waals surface area contributed by atoms with Crippen molar-refractivity contribution in [1.29, 1.82) is 0 Å². The van der Waals surface area contributed by atoms with Crippen molar-refractivity contribution < 1.29 is 39.1 Å². The summed E-state index contributed by atoms with van der Waals surface area (Å²) >= 11 is 0. The Bertz CT molecular complexity index is 350. The van der Waals surface area contributed by atoms with E-state index in [1.54, 1.807) is 28.1 Å². The molecule has 3 unspecified atom stereocenters. The minimum atomic E-state index is -0.324. The molecule has 198 valence electrons. The average Bonchev–Trinajstić information content (AvgIpc) is 2.65. The third-order valence-electron chi connectivity index (χ3n) is 3.19. The number of ketones is 1. The Balaban J connectivity index is -0.000000166. The molecular formula is C24H54O8. The zero-order valence-corrected chi connectivity index (χ0v) is 22.5. The highest BCUT2D eigenvalue weighted by Gasteiger charge is 2.11. The van der Waals surface area contributed by atoms with E-state index in [-0.39, 0.29) is 42.7 Å². The molecule has 8 nitrogen and oxygen atoms in total. The molecule has 0 saturated heterocycles. The topological polar surface area (TPSA) is 115 Å². The number of methoxy groups -OCH3 is 2. The summed E-state index contributed by atoms with van der Waals surface area (Å²) in [6, 6.07) is 0. The van der Waals surface area contributed by atoms with Crippen LogP contribution in [-0.2, 0) is 23.7 Å². The number of carbonyl (C=O) groups is 1. The van der Waals surface area contributed by atoms with Crippen LogP contribution in [0.5, 0.6) is 0 Å². The maximum atomic E-state index is 10.5. The lowest BCUT2D eigenvalue weighted by atomic mass is 9.91. The SMILES string of the molecule is CC(=O)CC(C)(C)C.CCCCOCCO.COCC(C)O.COCC(C)OC(C)CO. The monoisotopic (exact) mass is 470 g/mol. The number of aliphatic hydroxyl groups excluding tert-OH is 3. The van der Waals surface area contributed by atoms with E-state index in [1.807, 2.05) is 13.8 Å². The van der Waals surface area contributed by atoms with E-state index in [9.17, 15) is 4.79 Å². The van der Waals surface area contributed by atoms with E-state index in [4.69, 9.17) is 29.5 Å². The van der Waals surface area contributed by atoms with Gasteiger partial charge >= 0.3 is 0 Å². The first-order valence-electron chi connectivity index (χ1n) is 11.4. The van der Waals surface area contributed by atoms with Gasteiger partial charge in [0.1, 0.15) is 5.78 Å². The maximum Gasteiger partial charge on any atom is 0.130 e. The second-order valence-electron chi connectivity index (χ2n) is 8.83. The van der Waals surface area contributed by atoms with Crippen LogP contribution in [0.3, 0.4) is 0 Å². The molecule has 0 bridgehead atoms. The number of aliphatic hydroxyl groups is 3. The highest BCUT2D eigenvalue weighted by atomic mass is 16.5.